The van der Waals surface area contributed by atoms with Gasteiger partial charge in [-0.1, -0.05) is 41.4 Å². The summed E-state index contributed by atoms with van der Waals surface area (Å²) in [5, 5.41) is 8.75. The number of hydrogen-bond donors (Lipinski definition) is 1. The molecule has 1 N–H and O–H groups in total. The number of hydrogen-bond acceptors (Lipinski definition) is 8. The molecule has 0 unspecified atom stereocenters. The summed E-state index contributed by atoms with van der Waals surface area (Å²) in [5.41, 5.74) is 4.37. The van der Waals surface area contributed by atoms with Gasteiger partial charge in [-0.3, -0.25) is 9.10 Å². The Kier molecular flexibility index (Phi) is 9.61. The molecule has 220 valence electrons. The zero-order valence-corrected chi connectivity index (χ0v) is 25.4. The van der Waals surface area contributed by atoms with Gasteiger partial charge in [-0.2, -0.15) is 10.2 Å². The molecule has 4 aromatic rings. The molecule has 14 heteroatoms. The van der Waals surface area contributed by atoms with Crippen molar-refractivity contribution < 1.29 is 27.4 Å². The van der Waals surface area contributed by atoms with Crippen molar-refractivity contribution in [3.05, 3.63) is 88.2 Å². The van der Waals surface area contributed by atoms with E-state index in [2.05, 4.69) is 15.6 Å². The average Bonchev–Trinajstić information content (AvgIpc) is 3.28. The topological polar surface area (TPSA) is 124 Å². The summed E-state index contributed by atoms with van der Waals surface area (Å²) in [5.74, 6) is -0.0501. The summed E-state index contributed by atoms with van der Waals surface area (Å²) < 4.78 is 46.2. The lowest BCUT2D eigenvalue weighted by Gasteiger charge is -2.25. The van der Waals surface area contributed by atoms with Crippen molar-refractivity contribution in [3.8, 4) is 22.9 Å². The van der Waals surface area contributed by atoms with Gasteiger partial charge in [0.15, 0.2) is 16.7 Å². The van der Waals surface area contributed by atoms with Crippen molar-refractivity contribution >= 4 is 51.0 Å². The van der Waals surface area contributed by atoms with E-state index in [-0.39, 0.29) is 32.3 Å². The van der Waals surface area contributed by atoms with Crippen LogP contribution in [0.3, 0.4) is 0 Å². The lowest BCUT2D eigenvalue weighted by atomic mass is 10.2. The number of amides is 1. The third-order valence-corrected chi connectivity index (χ3v) is 8.41. The molecule has 1 heterocycles. The Morgan fingerprint density at radius 3 is 2.31 bits per heavy atom. The maximum absolute atomic E-state index is 13.9. The Balaban J connectivity index is 1.65. The smallest absolute Gasteiger partial charge is 0.265 e. The van der Waals surface area contributed by atoms with E-state index in [4.69, 9.17) is 37.4 Å². The normalized spacial score (nSPS) is 11.4. The number of halogens is 2. The van der Waals surface area contributed by atoms with Crippen molar-refractivity contribution in [2.45, 2.75) is 11.8 Å². The van der Waals surface area contributed by atoms with Crippen molar-refractivity contribution in [2.24, 2.45) is 5.10 Å². The molecule has 0 spiro atoms. The third-order valence-electron chi connectivity index (χ3n) is 6.14. The second-order valence-electron chi connectivity index (χ2n) is 8.68. The molecule has 0 aliphatic carbocycles. The maximum Gasteiger partial charge on any atom is 0.265 e. The van der Waals surface area contributed by atoms with Gasteiger partial charge in [0.05, 0.1) is 55.1 Å². The van der Waals surface area contributed by atoms with E-state index in [1.807, 2.05) is 30.3 Å². The second kappa shape index (κ2) is 13.1. The first kappa shape index (κ1) is 30.7. The number of anilines is 1. The first-order chi connectivity index (χ1) is 20.1. The number of ether oxygens (including phenoxy) is 3. The summed E-state index contributed by atoms with van der Waals surface area (Å²) in [6, 6.07) is 17.9. The number of sulfonamides is 1. The first-order valence-electron chi connectivity index (χ1n) is 12.3. The second-order valence-corrected chi connectivity index (χ2v) is 11.3. The summed E-state index contributed by atoms with van der Waals surface area (Å²) in [6.45, 7) is 1.14. The van der Waals surface area contributed by atoms with E-state index < -0.39 is 22.5 Å². The highest BCUT2D eigenvalue weighted by Gasteiger charge is 2.30. The van der Waals surface area contributed by atoms with E-state index >= 15 is 0 Å². The van der Waals surface area contributed by atoms with Gasteiger partial charge in [-0.05, 0) is 49.4 Å². The molecule has 42 heavy (non-hydrogen) atoms. The summed E-state index contributed by atoms with van der Waals surface area (Å²) in [4.78, 5) is 12.9. The number of nitrogens with zero attached hydrogens (tertiary/aromatic N) is 4. The molecule has 0 saturated carbocycles. The minimum Gasteiger partial charge on any atom is -0.495 e. The van der Waals surface area contributed by atoms with Crippen molar-refractivity contribution in [1.29, 1.82) is 0 Å². The van der Waals surface area contributed by atoms with Crippen LogP contribution >= 0.6 is 23.2 Å². The number of para-hydroxylation sites is 1. The van der Waals surface area contributed by atoms with Gasteiger partial charge in [0.25, 0.3) is 15.9 Å². The molecule has 0 saturated heterocycles. The molecule has 11 nitrogen and oxygen atoms in total. The number of aromatic nitrogens is 2. The van der Waals surface area contributed by atoms with Crippen LogP contribution in [0.1, 0.15) is 11.3 Å². The summed E-state index contributed by atoms with van der Waals surface area (Å²) >= 11 is 12.5. The van der Waals surface area contributed by atoms with Crippen LogP contribution in [0.5, 0.6) is 17.2 Å². The number of hydrazone groups is 1. The number of nitrogens with one attached hydrogen (secondary N) is 1. The molecule has 0 fully saturated rings. The first-order valence-corrected chi connectivity index (χ1v) is 14.5. The van der Waals surface area contributed by atoms with E-state index in [0.717, 1.165) is 9.99 Å². The van der Waals surface area contributed by atoms with Crippen LogP contribution in [0.4, 0.5) is 5.69 Å². The SMILES string of the molecule is COc1ccc(S(=O)(=O)N(CC(=O)N/N=C\c2c(Cl)nn(-c3ccccc3)c2C)c2cc(Cl)ccc2OC)cc1OC. The van der Waals surface area contributed by atoms with Crippen molar-refractivity contribution in [3.63, 3.8) is 0 Å². The van der Waals surface area contributed by atoms with Gasteiger partial charge in [-0.25, -0.2) is 18.5 Å². The van der Waals surface area contributed by atoms with Gasteiger partial charge >= 0.3 is 0 Å². The highest BCUT2D eigenvalue weighted by molar-refractivity contribution is 7.92. The molecule has 1 amide bonds. The number of rotatable bonds is 11. The van der Waals surface area contributed by atoms with Gasteiger partial charge in [0.2, 0.25) is 0 Å². The highest BCUT2D eigenvalue weighted by Crippen LogP contribution is 2.37. The maximum atomic E-state index is 13.9. The fourth-order valence-electron chi connectivity index (χ4n) is 4.04. The molecule has 1 aromatic heterocycles. The molecular weight excluding hydrogens is 605 g/mol. The van der Waals surface area contributed by atoms with Gasteiger partial charge < -0.3 is 14.2 Å². The number of carbonyl (C=O) groups is 1. The molecule has 0 atom stereocenters. The largest absolute Gasteiger partial charge is 0.495 e. The fourth-order valence-corrected chi connectivity index (χ4v) is 5.91. The number of benzene rings is 3. The minimum absolute atomic E-state index is 0.0435. The Bertz CT molecular complexity index is 1730. The van der Waals surface area contributed by atoms with Crippen LogP contribution in [-0.2, 0) is 14.8 Å². The monoisotopic (exact) mass is 631 g/mol. The summed E-state index contributed by atoms with van der Waals surface area (Å²) in [6.07, 6.45) is 1.34. The summed E-state index contributed by atoms with van der Waals surface area (Å²) in [7, 11) is -0.171. The quantitative estimate of drug-likeness (QED) is 0.185. The van der Waals surface area contributed by atoms with E-state index in [1.165, 1.54) is 63.9 Å². The molecule has 0 radical (unpaired) electrons. The molecule has 4 rings (SSSR count). The minimum atomic E-state index is -4.36. The predicted molar refractivity (Wildman–Crippen MR) is 161 cm³/mol. The van der Waals surface area contributed by atoms with Gasteiger partial charge in [0.1, 0.15) is 12.3 Å². The van der Waals surface area contributed by atoms with Crippen molar-refractivity contribution in [1.82, 2.24) is 15.2 Å². The Morgan fingerprint density at radius 1 is 0.976 bits per heavy atom. The Hall–Kier alpha value is -4.26. The Morgan fingerprint density at radius 2 is 1.64 bits per heavy atom. The van der Waals surface area contributed by atoms with Crippen LogP contribution in [0, 0.1) is 6.92 Å². The molecule has 0 aliphatic rings. The number of methoxy groups -OCH3 is 3. The van der Waals surface area contributed by atoms with Crippen LogP contribution in [0.2, 0.25) is 10.2 Å². The van der Waals surface area contributed by atoms with Crippen LogP contribution < -0.4 is 23.9 Å². The molecule has 3 aromatic carbocycles. The van der Waals surface area contributed by atoms with Gasteiger partial charge in [-0.15, -0.1) is 0 Å². The Labute approximate surface area is 253 Å². The van der Waals surface area contributed by atoms with E-state index in [0.29, 0.717) is 17.0 Å². The lowest BCUT2D eigenvalue weighted by molar-refractivity contribution is -0.119. The molecule has 0 aliphatic heterocycles. The highest BCUT2D eigenvalue weighted by atomic mass is 35.5. The molecular formula is C28H27Cl2N5O6S. The lowest BCUT2D eigenvalue weighted by Crippen LogP contribution is -2.39. The zero-order chi connectivity index (χ0) is 30.4. The van der Waals surface area contributed by atoms with Crippen molar-refractivity contribution in [2.75, 3.05) is 32.2 Å². The zero-order valence-electron chi connectivity index (χ0n) is 23.0. The van der Waals surface area contributed by atoms with Gasteiger partial charge in [0, 0.05) is 11.1 Å². The van der Waals surface area contributed by atoms with Crippen LogP contribution in [0.15, 0.2) is 76.7 Å². The third kappa shape index (κ3) is 6.46. The van der Waals surface area contributed by atoms with Crippen LogP contribution in [0.25, 0.3) is 5.69 Å². The predicted octanol–water partition coefficient (Wildman–Crippen LogP) is 4.86. The standard InChI is InChI=1S/C28H27Cl2N5O6S/c1-18-22(28(30)33-35(18)20-8-6-5-7-9-20)16-31-32-27(36)17-34(23-14-19(29)10-12-24(23)39-2)42(37,38)21-11-13-25(40-3)26(15-21)41-4/h5-16H,17H2,1-4H3,(H,32,36)/b31-16-. The number of carbonyl (C=O) groups excluding carboxylic acids is 1. The fraction of sp³-hybridized carbons (Fsp3) is 0.179. The average molecular weight is 633 g/mol. The van der Waals surface area contributed by atoms with E-state index in [9.17, 15) is 13.2 Å². The van der Waals surface area contributed by atoms with Crippen LogP contribution in [-0.4, -0.2) is 58.2 Å². The molecule has 0 bridgehead atoms. The van der Waals surface area contributed by atoms with E-state index in [1.54, 1.807) is 11.6 Å².